The summed E-state index contributed by atoms with van der Waals surface area (Å²) in [4.78, 5) is 23.6. The molecule has 3 rings (SSSR count). The van der Waals surface area contributed by atoms with E-state index < -0.39 is 5.91 Å². The Hall–Kier alpha value is -1.75. The van der Waals surface area contributed by atoms with Crippen LogP contribution in [-0.2, 0) is 9.59 Å². The molecule has 2 aliphatic rings. The molecule has 2 amide bonds. The fraction of sp³-hybridized carbons (Fsp3) is 0.529. The summed E-state index contributed by atoms with van der Waals surface area (Å²) in [5, 5.41) is 0.445. The van der Waals surface area contributed by atoms with Crippen molar-refractivity contribution in [3.8, 4) is 5.75 Å². The predicted molar refractivity (Wildman–Crippen MR) is 86.8 cm³/mol. The number of rotatable bonds is 5. The summed E-state index contributed by atoms with van der Waals surface area (Å²) < 4.78 is 5.31. The Bertz CT molecular complexity index is 593. The first-order valence-corrected chi connectivity index (χ1v) is 8.44. The number of fused-ring (bicyclic) bond motifs is 2. The maximum atomic E-state index is 11.9. The van der Waals surface area contributed by atoms with Crippen molar-refractivity contribution < 1.29 is 14.3 Å². The molecule has 0 aromatic heterocycles. The molecule has 1 aromatic carbocycles. The van der Waals surface area contributed by atoms with Gasteiger partial charge in [-0.05, 0) is 49.1 Å². The Balaban J connectivity index is 1.35. The van der Waals surface area contributed by atoms with E-state index in [2.05, 4.69) is 10.9 Å². The summed E-state index contributed by atoms with van der Waals surface area (Å²) in [5.74, 6) is 1.89. The van der Waals surface area contributed by atoms with Gasteiger partial charge >= 0.3 is 0 Å². The summed E-state index contributed by atoms with van der Waals surface area (Å²) in [5.41, 5.74) is 4.85. The van der Waals surface area contributed by atoms with Gasteiger partial charge in [-0.1, -0.05) is 30.2 Å². The fourth-order valence-electron chi connectivity index (χ4n) is 3.80. The molecule has 0 saturated heterocycles. The third-order valence-corrected chi connectivity index (χ3v) is 5.18. The van der Waals surface area contributed by atoms with Crippen LogP contribution in [0.5, 0.6) is 5.75 Å². The van der Waals surface area contributed by atoms with E-state index in [1.807, 2.05) is 0 Å². The van der Waals surface area contributed by atoms with Gasteiger partial charge in [0.1, 0.15) is 5.75 Å². The Morgan fingerprint density at radius 3 is 2.61 bits per heavy atom. The van der Waals surface area contributed by atoms with Crippen LogP contribution in [0.1, 0.15) is 32.1 Å². The summed E-state index contributed by atoms with van der Waals surface area (Å²) in [6.07, 6.45) is 5.49. The van der Waals surface area contributed by atoms with Gasteiger partial charge in [0.25, 0.3) is 5.91 Å². The molecule has 0 radical (unpaired) electrons. The van der Waals surface area contributed by atoms with Crippen LogP contribution in [0.25, 0.3) is 0 Å². The number of hydrazine groups is 1. The molecule has 23 heavy (non-hydrogen) atoms. The van der Waals surface area contributed by atoms with E-state index in [1.165, 1.54) is 19.3 Å². The van der Waals surface area contributed by atoms with Crippen LogP contribution < -0.4 is 15.6 Å². The molecule has 1 aromatic rings. The van der Waals surface area contributed by atoms with Gasteiger partial charge in [0, 0.05) is 6.42 Å². The minimum atomic E-state index is -0.411. The zero-order valence-corrected chi connectivity index (χ0v) is 13.6. The number of carbonyl (C=O) groups is 2. The van der Waals surface area contributed by atoms with E-state index in [1.54, 1.807) is 24.3 Å². The van der Waals surface area contributed by atoms with Crippen molar-refractivity contribution in [2.24, 2.45) is 17.8 Å². The van der Waals surface area contributed by atoms with Gasteiger partial charge < -0.3 is 4.74 Å². The van der Waals surface area contributed by atoms with Crippen molar-refractivity contribution in [2.45, 2.75) is 32.1 Å². The van der Waals surface area contributed by atoms with Crippen molar-refractivity contribution >= 4 is 23.4 Å². The van der Waals surface area contributed by atoms with Crippen molar-refractivity contribution in [2.75, 3.05) is 6.61 Å². The lowest BCUT2D eigenvalue weighted by molar-refractivity contribution is -0.130. The second-order valence-electron chi connectivity index (χ2n) is 6.45. The standard InChI is InChI=1S/C17H21ClN2O3/c18-14-3-1-2-4-15(14)23-10-17(22)20-19-16(21)9-13-8-11-5-6-12(13)7-11/h1-4,11-13H,5-10H2,(H,19,21)(H,20,22)/t11-,12+,13-/m0/s1. The van der Waals surface area contributed by atoms with E-state index in [0.717, 1.165) is 12.3 Å². The van der Waals surface area contributed by atoms with Crippen LogP contribution in [-0.4, -0.2) is 18.4 Å². The molecule has 0 aliphatic heterocycles. The van der Waals surface area contributed by atoms with Gasteiger partial charge in [-0.15, -0.1) is 0 Å². The second-order valence-corrected chi connectivity index (χ2v) is 6.86. The van der Waals surface area contributed by atoms with E-state index in [-0.39, 0.29) is 12.5 Å². The highest BCUT2D eigenvalue weighted by atomic mass is 35.5. The Morgan fingerprint density at radius 2 is 1.91 bits per heavy atom. The molecule has 0 spiro atoms. The molecule has 2 fully saturated rings. The maximum Gasteiger partial charge on any atom is 0.276 e. The highest BCUT2D eigenvalue weighted by Crippen LogP contribution is 2.49. The lowest BCUT2D eigenvalue weighted by Crippen LogP contribution is -2.44. The van der Waals surface area contributed by atoms with Crippen LogP contribution in [0.15, 0.2) is 24.3 Å². The third kappa shape index (κ3) is 4.16. The number of benzene rings is 1. The van der Waals surface area contributed by atoms with Crippen molar-refractivity contribution in [3.63, 3.8) is 0 Å². The molecule has 3 atom stereocenters. The van der Waals surface area contributed by atoms with Crippen LogP contribution in [0.4, 0.5) is 0 Å². The monoisotopic (exact) mass is 336 g/mol. The third-order valence-electron chi connectivity index (χ3n) is 4.87. The Labute approximate surface area is 140 Å². The molecular weight excluding hydrogens is 316 g/mol. The van der Waals surface area contributed by atoms with E-state index in [0.29, 0.717) is 29.0 Å². The van der Waals surface area contributed by atoms with Crippen molar-refractivity contribution in [3.05, 3.63) is 29.3 Å². The maximum absolute atomic E-state index is 11.9. The van der Waals surface area contributed by atoms with Crippen LogP contribution in [0.2, 0.25) is 5.02 Å². The molecule has 2 aliphatic carbocycles. The van der Waals surface area contributed by atoms with Gasteiger partial charge in [0.2, 0.25) is 5.91 Å². The zero-order chi connectivity index (χ0) is 16.2. The lowest BCUT2D eigenvalue weighted by atomic mass is 9.86. The first kappa shape index (κ1) is 16.1. The number of nitrogens with one attached hydrogen (secondary N) is 2. The molecule has 124 valence electrons. The molecule has 2 N–H and O–H groups in total. The fourth-order valence-corrected chi connectivity index (χ4v) is 3.99. The minimum absolute atomic E-state index is 0.131. The van der Waals surface area contributed by atoms with Gasteiger partial charge in [-0.3, -0.25) is 20.4 Å². The van der Waals surface area contributed by atoms with Crippen LogP contribution >= 0.6 is 11.6 Å². The zero-order valence-electron chi connectivity index (χ0n) is 12.9. The molecule has 2 bridgehead atoms. The summed E-state index contributed by atoms with van der Waals surface area (Å²) >= 11 is 5.93. The van der Waals surface area contributed by atoms with Crippen LogP contribution in [0, 0.1) is 17.8 Å². The average molecular weight is 337 g/mol. The number of hydrogen-bond acceptors (Lipinski definition) is 3. The molecule has 6 heteroatoms. The quantitative estimate of drug-likeness (QED) is 0.812. The number of carbonyl (C=O) groups excluding carboxylic acids is 2. The summed E-state index contributed by atoms with van der Waals surface area (Å²) in [6.45, 7) is -0.196. The smallest absolute Gasteiger partial charge is 0.276 e. The van der Waals surface area contributed by atoms with Gasteiger partial charge in [-0.25, -0.2) is 0 Å². The lowest BCUT2D eigenvalue weighted by Gasteiger charge is -2.20. The number of amides is 2. The van der Waals surface area contributed by atoms with Crippen molar-refractivity contribution in [1.29, 1.82) is 0 Å². The molecular formula is C17H21ClN2O3. The summed E-state index contributed by atoms with van der Waals surface area (Å²) in [6, 6.07) is 6.93. The second kappa shape index (κ2) is 7.21. The van der Waals surface area contributed by atoms with Gasteiger partial charge in [0.15, 0.2) is 6.61 Å². The van der Waals surface area contributed by atoms with Gasteiger partial charge in [-0.2, -0.15) is 0 Å². The first-order valence-electron chi connectivity index (χ1n) is 8.07. The van der Waals surface area contributed by atoms with Crippen molar-refractivity contribution in [1.82, 2.24) is 10.9 Å². The van der Waals surface area contributed by atoms with E-state index in [4.69, 9.17) is 16.3 Å². The minimum Gasteiger partial charge on any atom is -0.482 e. The molecule has 0 unspecified atom stereocenters. The molecule has 5 nitrogen and oxygen atoms in total. The largest absolute Gasteiger partial charge is 0.482 e. The highest BCUT2D eigenvalue weighted by molar-refractivity contribution is 6.32. The van der Waals surface area contributed by atoms with E-state index in [9.17, 15) is 9.59 Å². The normalized spacial score (nSPS) is 25.2. The number of halogens is 1. The van der Waals surface area contributed by atoms with Gasteiger partial charge in [0.05, 0.1) is 5.02 Å². The topological polar surface area (TPSA) is 67.4 Å². The summed E-state index contributed by atoms with van der Waals surface area (Å²) in [7, 11) is 0. The molecule has 0 heterocycles. The van der Waals surface area contributed by atoms with Crippen LogP contribution in [0.3, 0.4) is 0 Å². The van der Waals surface area contributed by atoms with E-state index >= 15 is 0 Å². The molecule has 2 saturated carbocycles. The number of hydrogen-bond donors (Lipinski definition) is 2. The number of ether oxygens (including phenoxy) is 1. The Kier molecular flexibility index (Phi) is 5.06. The highest BCUT2D eigenvalue weighted by Gasteiger charge is 2.40. The predicted octanol–water partition coefficient (Wildman–Crippen LogP) is 2.69. The SMILES string of the molecule is O=C(COc1ccccc1Cl)NNC(=O)C[C@@H]1C[C@H]2CC[C@@H]1C2. The average Bonchev–Trinajstić information content (AvgIpc) is 3.15. The Morgan fingerprint density at radius 1 is 1.13 bits per heavy atom. The number of para-hydroxylation sites is 1. The first-order chi connectivity index (χ1) is 11.1.